The summed E-state index contributed by atoms with van der Waals surface area (Å²) in [5.74, 6) is 0.678. The van der Waals surface area contributed by atoms with E-state index < -0.39 is 0 Å². The zero-order valence-corrected chi connectivity index (χ0v) is 12.7. The fraction of sp³-hybridized carbons (Fsp3) is 0.800. The van der Waals surface area contributed by atoms with E-state index in [1.807, 2.05) is 11.7 Å². The highest BCUT2D eigenvalue weighted by Gasteiger charge is 2.25. The van der Waals surface area contributed by atoms with Crippen LogP contribution < -0.4 is 5.32 Å². The molecule has 19 heavy (non-hydrogen) atoms. The Balaban J connectivity index is 1.97. The summed E-state index contributed by atoms with van der Waals surface area (Å²) < 4.78 is 7.52. The van der Waals surface area contributed by atoms with Gasteiger partial charge in [-0.1, -0.05) is 6.92 Å². The van der Waals surface area contributed by atoms with Crippen molar-refractivity contribution in [3.8, 4) is 0 Å². The van der Waals surface area contributed by atoms with Crippen LogP contribution in [0.3, 0.4) is 0 Å². The third kappa shape index (κ3) is 3.37. The molecule has 2 unspecified atom stereocenters. The summed E-state index contributed by atoms with van der Waals surface area (Å²) >= 11 is 0. The van der Waals surface area contributed by atoms with Gasteiger partial charge in [0.15, 0.2) is 0 Å². The van der Waals surface area contributed by atoms with E-state index in [9.17, 15) is 0 Å². The lowest BCUT2D eigenvalue weighted by Crippen LogP contribution is -2.37. The molecule has 4 nitrogen and oxygen atoms in total. The van der Waals surface area contributed by atoms with Crippen molar-refractivity contribution in [2.24, 2.45) is 13.0 Å². The van der Waals surface area contributed by atoms with Crippen molar-refractivity contribution < 1.29 is 4.74 Å². The fourth-order valence-electron chi connectivity index (χ4n) is 3.12. The second-order valence-corrected chi connectivity index (χ2v) is 5.60. The summed E-state index contributed by atoms with van der Waals surface area (Å²) in [4.78, 5) is 0. The van der Waals surface area contributed by atoms with Crippen LogP contribution in [-0.2, 0) is 18.2 Å². The molecular formula is C15H27N3O. The molecule has 2 atom stereocenters. The SMILES string of the molecule is CCNC(CCc1c(C)nn(C)c1C)C1CCOC1. The van der Waals surface area contributed by atoms with Gasteiger partial charge in [-0.05, 0) is 51.1 Å². The molecule has 2 heterocycles. The van der Waals surface area contributed by atoms with Gasteiger partial charge in [0.05, 0.1) is 12.3 Å². The Morgan fingerprint density at radius 3 is 2.79 bits per heavy atom. The number of rotatable bonds is 6. The number of nitrogens with zero attached hydrogens (tertiary/aromatic N) is 2. The number of hydrogen-bond donors (Lipinski definition) is 1. The summed E-state index contributed by atoms with van der Waals surface area (Å²) in [5.41, 5.74) is 3.90. The lowest BCUT2D eigenvalue weighted by atomic mass is 9.92. The van der Waals surface area contributed by atoms with Crippen LogP contribution in [0.4, 0.5) is 0 Å². The molecule has 0 radical (unpaired) electrons. The van der Waals surface area contributed by atoms with Gasteiger partial charge >= 0.3 is 0 Å². The van der Waals surface area contributed by atoms with Crippen molar-refractivity contribution in [2.45, 2.75) is 46.1 Å². The van der Waals surface area contributed by atoms with Gasteiger partial charge in [0.25, 0.3) is 0 Å². The molecule has 1 saturated heterocycles. The Morgan fingerprint density at radius 2 is 2.26 bits per heavy atom. The van der Waals surface area contributed by atoms with Crippen LogP contribution in [0.5, 0.6) is 0 Å². The predicted molar refractivity (Wildman–Crippen MR) is 77.4 cm³/mol. The maximum absolute atomic E-state index is 5.53. The Bertz CT molecular complexity index is 408. The van der Waals surface area contributed by atoms with Crippen LogP contribution in [0.2, 0.25) is 0 Å². The average molecular weight is 265 g/mol. The molecule has 2 rings (SSSR count). The Kier molecular flexibility index (Phi) is 4.99. The first-order valence-corrected chi connectivity index (χ1v) is 7.43. The van der Waals surface area contributed by atoms with E-state index in [4.69, 9.17) is 4.74 Å². The maximum Gasteiger partial charge on any atom is 0.0628 e. The van der Waals surface area contributed by atoms with E-state index in [2.05, 4.69) is 31.2 Å². The molecule has 1 aliphatic heterocycles. The molecule has 0 spiro atoms. The van der Waals surface area contributed by atoms with Gasteiger partial charge < -0.3 is 10.1 Å². The number of aromatic nitrogens is 2. The zero-order chi connectivity index (χ0) is 13.8. The normalized spacial score (nSPS) is 20.9. The van der Waals surface area contributed by atoms with Crippen LogP contribution in [0.15, 0.2) is 0 Å². The molecule has 0 aromatic carbocycles. The topological polar surface area (TPSA) is 39.1 Å². The lowest BCUT2D eigenvalue weighted by molar-refractivity contribution is 0.175. The molecule has 1 aromatic heterocycles. The van der Waals surface area contributed by atoms with E-state index in [1.165, 1.54) is 29.8 Å². The van der Waals surface area contributed by atoms with E-state index >= 15 is 0 Å². The fourth-order valence-corrected chi connectivity index (χ4v) is 3.12. The van der Waals surface area contributed by atoms with Gasteiger partial charge in [-0.15, -0.1) is 0 Å². The highest BCUT2D eigenvalue weighted by Crippen LogP contribution is 2.22. The molecule has 0 saturated carbocycles. The third-order valence-electron chi connectivity index (χ3n) is 4.36. The number of aryl methyl sites for hydroxylation is 2. The first-order chi connectivity index (χ1) is 9.13. The molecule has 1 aromatic rings. The Morgan fingerprint density at radius 1 is 1.47 bits per heavy atom. The van der Waals surface area contributed by atoms with Gasteiger partial charge in [-0.2, -0.15) is 5.10 Å². The highest BCUT2D eigenvalue weighted by atomic mass is 16.5. The van der Waals surface area contributed by atoms with E-state index in [-0.39, 0.29) is 0 Å². The van der Waals surface area contributed by atoms with Crippen LogP contribution in [-0.4, -0.2) is 35.6 Å². The van der Waals surface area contributed by atoms with Crippen LogP contribution in [0.25, 0.3) is 0 Å². The van der Waals surface area contributed by atoms with Crippen molar-refractivity contribution in [1.29, 1.82) is 0 Å². The van der Waals surface area contributed by atoms with Crippen molar-refractivity contribution in [1.82, 2.24) is 15.1 Å². The molecule has 0 amide bonds. The minimum Gasteiger partial charge on any atom is -0.381 e. The summed E-state index contributed by atoms with van der Waals surface area (Å²) in [5, 5.41) is 8.14. The molecule has 0 aliphatic carbocycles. The smallest absolute Gasteiger partial charge is 0.0628 e. The van der Waals surface area contributed by atoms with Gasteiger partial charge in [-0.25, -0.2) is 0 Å². The van der Waals surface area contributed by atoms with Gasteiger partial charge in [0.1, 0.15) is 0 Å². The molecule has 4 heteroatoms. The van der Waals surface area contributed by atoms with E-state index in [1.54, 1.807) is 0 Å². The molecular weight excluding hydrogens is 238 g/mol. The minimum atomic E-state index is 0.575. The second-order valence-electron chi connectivity index (χ2n) is 5.60. The van der Waals surface area contributed by atoms with Crippen molar-refractivity contribution >= 4 is 0 Å². The monoisotopic (exact) mass is 265 g/mol. The van der Waals surface area contributed by atoms with Crippen LogP contribution in [0, 0.1) is 19.8 Å². The third-order valence-corrected chi connectivity index (χ3v) is 4.36. The highest BCUT2D eigenvalue weighted by molar-refractivity contribution is 5.24. The van der Waals surface area contributed by atoms with Gasteiger partial charge in [0, 0.05) is 25.4 Å². The average Bonchev–Trinajstić information content (AvgIpc) is 2.97. The molecule has 1 N–H and O–H groups in total. The molecule has 1 fully saturated rings. The summed E-state index contributed by atoms with van der Waals surface area (Å²) in [7, 11) is 2.03. The van der Waals surface area contributed by atoms with Crippen LogP contribution in [0.1, 0.15) is 36.7 Å². The van der Waals surface area contributed by atoms with Crippen LogP contribution >= 0.6 is 0 Å². The Labute approximate surface area is 116 Å². The quantitative estimate of drug-likeness (QED) is 0.855. The van der Waals surface area contributed by atoms with E-state index in [0.717, 1.165) is 26.2 Å². The second kappa shape index (κ2) is 6.53. The first-order valence-electron chi connectivity index (χ1n) is 7.43. The largest absolute Gasteiger partial charge is 0.381 e. The van der Waals surface area contributed by atoms with E-state index in [0.29, 0.717) is 12.0 Å². The zero-order valence-electron chi connectivity index (χ0n) is 12.7. The van der Waals surface area contributed by atoms with Crippen molar-refractivity contribution in [3.05, 3.63) is 17.0 Å². The molecule has 1 aliphatic rings. The maximum atomic E-state index is 5.53. The molecule has 0 bridgehead atoms. The molecule has 108 valence electrons. The number of hydrogen-bond acceptors (Lipinski definition) is 3. The summed E-state index contributed by atoms with van der Waals surface area (Å²) in [6.45, 7) is 9.34. The first kappa shape index (κ1) is 14.5. The summed E-state index contributed by atoms with van der Waals surface area (Å²) in [6, 6.07) is 0.575. The Hall–Kier alpha value is -0.870. The van der Waals surface area contributed by atoms with Gasteiger partial charge in [-0.3, -0.25) is 4.68 Å². The summed E-state index contributed by atoms with van der Waals surface area (Å²) in [6.07, 6.45) is 3.48. The van der Waals surface area contributed by atoms with Crippen molar-refractivity contribution in [3.63, 3.8) is 0 Å². The van der Waals surface area contributed by atoms with Gasteiger partial charge in [0.2, 0.25) is 0 Å². The number of nitrogens with one attached hydrogen (secondary N) is 1. The predicted octanol–water partition coefficient (Wildman–Crippen LogP) is 1.98. The standard InChI is InChI=1S/C15H27N3O/c1-5-16-15(13-8-9-19-10-13)7-6-14-11(2)17-18(4)12(14)3/h13,15-16H,5-10H2,1-4H3. The minimum absolute atomic E-state index is 0.575. The lowest BCUT2D eigenvalue weighted by Gasteiger charge is -2.23. The van der Waals surface area contributed by atoms with Crippen molar-refractivity contribution in [2.75, 3.05) is 19.8 Å². The number of ether oxygens (including phenoxy) is 1.